The highest BCUT2D eigenvalue weighted by molar-refractivity contribution is 7.89. The van der Waals surface area contributed by atoms with Crippen molar-refractivity contribution in [2.45, 2.75) is 12.3 Å². The predicted molar refractivity (Wildman–Crippen MR) is 86.7 cm³/mol. The third kappa shape index (κ3) is 5.13. The Morgan fingerprint density at radius 2 is 1.86 bits per heavy atom. The first kappa shape index (κ1) is 16.5. The minimum Gasteiger partial charge on any atom is -0.439 e. The molecule has 0 N–H and O–H groups in total. The quantitative estimate of drug-likeness (QED) is 0.818. The van der Waals surface area contributed by atoms with Crippen molar-refractivity contribution in [3.8, 4) is 11.6 Å². The van der Waals surface area contributed by atoms with Gasteiger partial charge in [-0.1, -0.05) is 24.3 Å². The molecule has 0 atom stereocenters. The van der Waals surface area contributed by atoms with E-state index in [1.165, 1.54) is 12.5 Å². The Labute approximate surface area is 131 Å². The van der Waals surface area contributed by atoms with Crippen molar-refractivity contribution < 1.29 is 13.2 Å². The molecular formula is C16H20N2O3S. The van der Waals surface area contributed by atoms with Crippen LogP contribution in [0.25, 0.3) is 0 Å². The largest absolute Gasteiger partial charge is 0.439 e. The molecular weight excluding hydrogens is 300 g/mol. The molecule has 0 bridgehead atoms. The van der Waals surface area contributed by atoms with Crippen LogP contribution >= 0.6 is 0 Å². The second-order valence-electron chi connectivity index (χ2n) is 5.52. The molecule has 0 amide bonds. The number of benzene rings is 1. The zero-order chi connectivity index (χ0) is 16.2. The molecule has 2 rings (SSSR count). The number of ether oxygens (including phenoxy) is 1. The van der Waals surface area contributed by atoms with Crippen molar-refractivity contribution in [1.82, 2.24) is 9.88 Å². The van der Waals surface area contributed by atoms with Gasteiger partial charge in [0.2, 0.25) is 5.88 Å². The normalized spacial score (nSPS) is 11.6. The predicted octanol–water partition coefficient (Wildman–Crippen LogP) is 2.48. The fourth-order valence-electron chi connectivity index (χ4n) is 2.05. The molecule has 118 valence electrons. The molecule has 22 heavy (non-hydrogen) atoms. The summed E-state index contributed by atoms with van der Waals surface area (Å²) in [6.45, 7) is 0.766. The second kappa shape index (κ2) is 6.89. The average molecular weight is 320 g/mol. The van der Waals surface area contributed by atoms with Gasteiger partial charge in [0, 0.05) is 30.6 Å². The summed E-state index contributed by atoms with van der Waals surface area (Å²) in [5, 5.41) is 0. The van der Waals surface area contributed by atoms with Crippen molar-refractivity contribution >= 4 is 9.84 Å². The van der Waals surface area contributed by atoms with Gasteiger partial charge in [-0.15, -0.1) is 0 Å². The molecule has 2 aromatic rings. The van der Waals surface area contributed by atoms with E-state index in [9.17, 15) is 8.42 Å². The van der Waals surface area contributed by atoms with Gasteiger partial charge in [-0.3, -0.25) is 0 Å². The van der Waals surface area contributed by atoms with Gasteiger partial charge in [-0.2, -0.15) is 0 Å². The smallest absolute Gasteiger partial charge is 0.219 e. The number of hydrogen-bond acceptors (Lipinski definition) is 5. The van der Waals surface area contributed by atoms with Crippen molar-refractivity contribution in [3.63, 3.8) is 0 Å². The maximum Gasteiger partial charge on any atom is 0.219 e. The zero-order valence-electron chi connectivity index (χ0n) is 13.0. The first-order chi connectivity index (χ1) is 10.3. The topological polar surface area (TPSA) is 59.5 Å². The van der Waals surface area contributed by atoms with Gasteiger partial charge >= 0.3 is 0 Å². The molecule has 0 aliphatic heterocycles. The van der Waals surface area contributed by atoms with Crippen LogP contribution in [0.1, 0.15) is 11.1 Å². The molecule has 1 aromatic carbocycles. The Kier molecular flexibility index (Phi) is 5.15. The molecule has 0 saturated heterocycles. The Balaban J connectivity index is 2.14. The lowest BCUT2D eigenvalue weighted by Gasteiger charge is -2.14. The van der Waals surface area contributed by atoms with E-state index in [1.54, 1.807) is 12.1 Å². The summed E-state index contributed by atoms with van der Waals surface area (Å²) in [6, 6.07) is 11.2. The number of hydrogen-bond donors (Lipinski definition) is 0. The SMILES string of the molecule is CN(C)Cc1ccccc1Oc1ccc(CS(C)(=O)=O)cn1. The van der Waals surface area contributed by atoms with Crippen LogP contribution in [0.2, 0.25) is 0 Å². The van der Waals surface area contributed by atoms with Gasteiger partial charge in [-0.25, -0.2) is 13.4 Å². The first-order valence-electron chi connectivity index (χ1n) is 6.86. The standard InChI is InChI=1S/C16H20N2O3S/c1-18(2)11-14-6-4-5-7-15(14)21-16-9-8-13(10-17-16)12-22(3,19)20/h4-10H,11-12H2,1-3H3. The summed E-state index contributed by atoms with van der Waals surface area (Å²) in [4.78, 5) is 6.24. The van der Waals surface area contributed by atoms with E-state index < -0.39 is 9.84 Å². The molecule has 0 aliphatic carbocycles. The van der Waals surface area contributed by atoms with E-state index in [2.05, 4.69) is 9.88 Å². The Morgan fingerprint density at radius 1 is 1.14 bits per heavy atom. The minimum atomic E-state index is -3.06. The van der Waals surface area contributed by atoms with Gasteiger partial charge < -0.3 is 9.64 Å². The van der Waals surface area contributed by atoms with Crippen LogP contribution in [0.5, 0.6) is 11.6 Å². The van der Waals surface area contributed by atoms with E-state index >= 15 is 0 Å². The zero-order valence-corrected chi connectivity index (χ0v) is 13.8. The molecule has 0 fully saturated rings. The Bertz CT molecular complexity index is 725. The fourth-order valence-corrected chi connectivity index (χ4v) is 2.82. The summed E-state index contributed by atoms with van der Waals surface area (Å²) in [7, 11) is 0.935. The van der Waals surface area contributed by atoms with E-state index in [1.807, 2.05) is 38.4 Å². The van der Waals surface area contributed by atoms with E-state index in [0.717, 1.165) is 17.9 Å². The Morgan fingerprint density at radius 3 is 2.45 bits per heavy atom. The molecule has 1 heterocycles. The van der Waals surface area contributed by atoms with Gasteiger partial charge in [-0.05, 0) is 25.7 Å². The summed E-state index contributed by atoms with van der Waals surface area (Å²) in [5.41, 5.74) is 1.71. The van der Waals surface area contributed by atoms with Crippen molar-refractivity contribution in [3.05, 3.63) is 53.7 Å². The summed E-state index contributed by atoms with van der Waals surface area (Å²) >= 11 is 0. The lowest BCUT2D eigenvalue weighted by atomic mass is 10.2. The van der Waals surface area contributed by atoms with Crippen molar-refractivity contribution in [1.29, 1.82) is 0 Å². The van der Waals surface area contributed by atoms with Crippen molar-refractivity contribution in [2.24, 2.45) is 0 Å². The number of sulfone groups is 1. The average Bonchev–Trinajstić information content (AvgIpc) is 2.41. The third-order valence-corrected chi connectivity index (χ3v) is 3.76. The molecule has 0 unspecified atom stereocenters. The van der Waals surface area contributed by atoms with Gasteiger partial charge in [0.15, 0.2) is 9.84 Å². The molecule has 0 radical (unpaired) electrons. The lowest BCUT2D eigenvalue weighted by molar-refractivity contribution is 0.386. The Hall–Kier alpha value is -1.92. The summed E-state index contributed by atoms with van der Waals surface area (Å²) in [5.74, 6) is 1.18. The van der Waals surface area contributed by atoms with Gasteiger partial charge in [0.1, 0.15) is 5.75 Å². The van der Waals surface area contributed by atoms with Gasteiger partial charge in [0.25, 0.3) is 0 Å². The summed E-state index contributed by atoms with van der Waals surface area (Å²) in [6.07, 6.45) is 2.74. The van der Waals surface area contributed by atoms with E-state index in [4.69, 9.17) is 4.74 Å². The monoisotopic (exact) mass is 320 g/mol. The van der Waals surface area contributed by atoms with Crippen LogP contribution in [0.3, 0.4) is 0 Å². The maximum absolute atomic E-state index is 11.3. The highest BCUT2D eigenvalue weighted by Crippen LogP contribution is 2.24. The maximum atomic E-state index is 11.3. The van der Waals surface area contributed by atoms with Crippen LogP contribution < -0.4 is 4.74 Å². The number of para-hydroxylation sites is 1. The molecule has 0 aliphatic rings. The van der Waals surface area contributed by atoms with Crippen LogP contribution in [-0.2, 0) is 22.1 Å². The van der Waals surface area contributed by atoms with Crippen LogP contribution in [0.15, 0.2) is 42.6 Å². The third-order valence-electron chi connectivity index (χ3n) is 2.90. The second-order valence-corrected chi connectivity index (χ2v) is 7.66. The number of aromatic nitrogens is 1. The minimum absolute atomic E-state index is 0.0164. The molecule has 0 saturated carbocycles. The van der Waals surface area contributed by atoms with E-state index in [0.29, 0.717) is 11.4 Å². The number of pyridine rings is 1. The van der Waals surface area contributed by atoms with Crippen LogP contribution in [0, 0.1) is 0 Å². The summed E-state index contributed by atoms with van der Waals surface area (Å²) < 4.78 is 28.3. The lowest BCUT2D eigenvalue weighted by Crippen LogP contribution is -2.11. The highest BCUT2D eigenvalue weighted by atomic mass is 32.2. The molecule has 1 aromatic heterocycles. The molecule has 5 nitrogen and oxygen atoms in total. The first-order valence-corrected chi connectivity index (χ1v) is 8.93. The highest BCUT2D eigenvalue weighted by Gasteiger charge is 2.08. The fraction of sp³-hybridized carbons (Fsp3) is 0.312. The van der Waals surface area contributed by atoms with Crippen LogP contribution in [0.4, 0.5) is 0 Å². The molecule has 6 heteroatoms. The number of rotatable bonds is 6. The van der Waals surface area contributed by atoms with Crippen LogP contribution in [-0.4, -0.2) is 38.7 Å². The van der Waals surface area contributed by atoms with E-state index in [-0.39, 0.29) is 5.75 Å². The number of nitrogens with zero attached hydrogens (tertiary/aromatic N) is 2. The molecule has 0 spiro atoms. The van der Waals surface area contributed by atoms with Crippen molar-refractivity contribution in [2.75, 3.05) is 20.4 Å². The van der Waals surface area contributed by atoms with Gasteiger partial charge in [0.05, 0.1) is 5.75 Å².